The number of thiophene rings is 1. The van der Waals surface area contributed by atoms with E-state index in [0.717, 1.165) is 5.56 Å². The molecular formula is C12H14ClNOS. The van der Waals surface area contributed by atoms with Crippen molar-refractivity contribution in [3.8, 4) is 6.07 Å². The largest absolute Gasteiger partial charge is 0.292 e. The standard InChI is InChI=1S/C12H14ClNOS/c1-7(2)4-9(5-14)11(15)12-10(13)8(3)6-16-12/h6-7,9H,4H2,1-3H3. The summed E-state index contributed by atoms with van der Waals surface area (Å²) in [6.07, 6.45) is 0.586. The number of nitrogens with zero attached hydrogens (tertiary/aromatic N) is 1. The second-order valence-corrected chi connectivity index (χ2v) is 5.49. The molecule has 1 rings (SSSR count). The Kier molecular flexibility index (Phi) is 4.52. The molecule has 4 heteroatoms. The van der Waals surface area contributed by atoms with Gasteiger partial charge in [0.1, 0.15) is 5.92 Å². The second-order valence-electron chi connectivity index (χ2n) is 4.24. The molecule has 0 aliphatic carbocycles. The van der Waals surface area contributed by atoms with Crippen molar-refractivity contribution in [3.05, 3.63) is 20.8 Å². The smallest absolute Gasteiger partial charge is 0.191 e. The van der Waals surface area contributed by atoms with Crippen LogP contribution >= 0.6 is 22.9 Å². The van der Waals surface area contributed by atoms with E-state index in [1.807, 2.05) is 26.2 Å². The third-order valence-electron chi connectivity index (χ3n) is 2.30. The van der Waals surface area contributed by atoms with Crippen LogP contribution in [0.3, 0.4) is 0 Å². The molecule has 1 unspecified atom stereocenters. The van der Waals surface area contributed by atoms with E-state index < -0.39 is 5.92 Å². The Hall–Kier alpha value is -0.850. The molecular weight excluding hydrogens is 242 g/mol. The first-order valence-electron chi connectivity index (χ1n) is 5.14. The van der Waals surface area contributed by atoms with Crippen molar-refractivity contribution < 1.29 is 4.79 Å². The number of hydrogen-bond acceptors (Lipinski definition) is 3. The van der Waals surface area contributed by atoms with Crippen molar-refractivity contribution in [1.29, 1.82) is 5.26 Å². The van der Waals surface area contributed by atoms with Gasteiger partial charge in [-0.1, -0.05) is 25.4 Å². The van der Waals surface area contributed by atoms with Crippen LogP contribution in [0.5, 0.6) is 0 Å². The molecule has 0 bridgehead atoms. The van der Waals surface area contributed by atoms with E-state index in [4.69, 9.17) is 16.9 Å². The number of rotatable bonds is 4. The first kappa shape index (κ1) is 13.2. The number of aryl methyl sites for hydroxylation is 1. The summed E-state index contributed by atoms with van der Waals surface area (Å²) in [5.74, 6) is -0.386. The lowest BCUT2D eigenvalue weighted by Gasteiger charge is -2.09. The lowest BCUT2D eigenvalue weighted by molar-refractivity contribution is 0.0941. The summed E-state index contributed by atoms with van der Waals surface area (Å²) in [6, 6.07) is 2.07. The zero-order valence-electron chi connectivity index (χ0n) is 9.58. The summed E-state index contributed by atoms with van der Waals surface area (Å²) in [6.45, 7) is 5.86. The molecule has 1 aromatic heterocycles. The van der Waals surface area contributed by atoms with Crippen molar-refractivity contribution in [2.24, 2.45) is 11.8 Å². The Balaban J connectivity index is 2.93. The molecule has 0 saturated heterocycles. The number of carbonyl (C=O) groups excluding carboxylic acids is 1. The normalized spacial score (nSPS) is 12.5. The number of hydrogen-bond donors (Lipinski definition) is 0. The fourth-order valence-electron chi connectivity index (χ4n) is 1.44. The highest BCUT2D eigenvalue weighted by Gasteiger charge is 2.24. The molecule has 16 heavy (non-hydrogen) atoms. The molecule has 0 spiro atoms. The molecule has 1 atom stereocenters. The van der Waals surface area contributed by atoms with Gasteiger partial charge in [-0.05, 0) is 30.2 Å². The van der Waals surface area contributed by atoms with Gasteiger partial charge in [-0.2, -0.15) is 5.26 Å². The molecule has 0 aliphatic rings. The van der Waals surface area contributed by atoms with Crippen LogP contribution in [0.25, 0.3) is 0 Å². The number of Topliss-reactive ketones (excluding diaryl/α,β-unsaturated/α-hetero) is 1. The molecule has 0 N–H and O–H groups in total. The third-order valence-corrected chi connectivity index (χ3v) is 4.01. The topological polar surface area (TPSA) is 40.9 Å². The van der Waals surface area contributed by atoms with Gasteiger partial charge in [-0.3, -0.25) is 4.79 Å². The average molecular weight is 256 g/mol. The van der Waals surface area contributed by atoms with Crippen LogP contribution in [0, 0.1) is 30.1 Å². The average Bonchev–Trinajstić information content (AvgIpc) is 2.55. The van der Waals surface area contributed by atoms with Gasteiger partial charge in [0.25, 0.3) is 0 Å². The van der Waals surface area contributed by atoms with Crippen molar-refractivity contribution in [2.75, 3.05) is 0 Å². The van der Waals surface area contributed by atoms with Crippen molar-refractivity contribution in [1.82, 2.24) is 0 Å². The van der Waals surface area contributed by atoms with Gasteiger partial charge in [-0.25, -0.2) is 0 Å². The fourth-order valence-corrected chi connectivity index (χ4v) is 2.73. The fraction of sp³-hybridized carbons (Fsp3) is 0.500. The van der Waals surface area contributed by atoms with Crippen LogP contribution in [0.2, 0.25) is 5.02 Å². The Morgan fingerprint density at radius 3 is 2.62 bits per heavy atom. The molecule has 0 saturated carbocycles. The van der Waals surface area contributed by atoms with Gasteiger partial charge in [-0.15, -0.1) is 11.3 Å². The highest BCUT2D eigenvalue weighted by molar-refractivity contribution is 7.13. The van der Waals surface area contributed by atoms with Gasteiger partial charge in [0.15, 0.2) is 5.78 Å². The minimum atomic E-state index is -0.574. The molecule has 0 radical (unpaired) electrons. The summed E-state index contributed by atoms with van der Waals surface area (Å²) >= 11 is 7.34. The van der Waals surface area contributed by atoms with Crippen LogP contribution in [0.15, 0.2) is 5.38 Å². The van der Waals surface area contributed by atoms with E-state index in [1.165, 1.54) is 11.3 Å². The first-order chi connectivity index (χ1) is 7.47. The van der Waals surface area contributed by atoms with E-state index in [2.05, 4.69) is 6.07 Å². The SMILES string of the molecule is Cc1csc(C(=O)C(C#N)CC(C)C)c1Cl. The summed E-state index contributed by atoms with van der Waals surface area (Å²) in [5, 5.41) is 11.3. The maximum Gasteiger partial charge on any atom is 0.191 e. The second kappa shape index (κ2) is 5.47. The Morgan fingerprint density at radius 1 is 1.62 bits per heavy atom. The molecule has 1 aromatic rings. The highest BCUT2D eigenvalue weighted by atomic mass is 35.5. The van der Waals surface area contributed by atoms with Gasteiger partial charge in [0, 0.05) is 0 Å². The Bertz CT molecular complexity index is 431. The van der Waals surface area contributed by atoms with E-state index >= 15 is 0 Å². The van der Waals surface area contributed by atoms with Gasteiger partial charge < -0.3 is 0 Å². The first-order valence-corrected chi connectivity index (χ1v) is 6.40. The quantitative estimate of drug-likeness (QED) is 0.761. The van der Waals surface area contributed by atoms with Gasteiger partial charge in [0.2, 0.25) is 0 Å². The van der Waals surface area contributed by atoms with Crippen LogP contribution in [-0.2, 0) is 0 Å². The zero-order chi connectivity index (χ0) is 12.3. The summed E-state index contributed by atoms with van der Waals surface area (Å²) in [5.41, 5.74) is 0.899. The summed E-state index contributed by atoms with van der Waals surface area (Å²) < 4.78 is 0. The zero-order valence-corrected chi connectivity index (χ0v) is 11.2. The minimum absolute atomic E-state index is 0.140. The maximum absolute atomic E-state index is 12.0. The number of carbonyl (C=O) groups is 1. The Morgan fingerprint density at radius 2 is 2.25 bits per heavy atom. The summed E-state index contributed by atoms with van der Waals surface area (Å²) in [4.78, 5) is 12.6. The molecule has 0 aliphatic heterocycles. The molecule has 0 fully saturated rings. The predicted octanol–water partition coefficient (Wildman–Crippen LogP) is 4.08. The summed E-state index contributed by atoms with van der Waals surface area (Å²) in [7, 11) is 0. The van der Waals surface area contributed by atoms with E-state index in [-0.39, 0.29) is 5.78 Å². The van der Waals surface area contributed by atoms with Crippen LogP contribution in [-0.4, -0.2) is 5.78 Å². The van der Waals surface area contributed by atoms with E-state index in [1.54, 1.807) is 0 Å². The van der Waals surface area contributed by atoms with Crippen molar-refractivity contribution in [2.45, 2.75) is 27.2 Å². The number of nitriles is 1. The van der Waals surface area contributed by atoms with Gasteiger partial charge >= 0.3 is 0 Å². The Labute approximate surface area is 105 Å². The lowest BCUT2D eigenvalue weighted by atomic mass is 9.94. The molecule has 1 heterocycles. The number of halogens is 1. The predicted molar refractivity (Wildman–Crippen MR) is 67.0 cm³/mol. The lowest BCUT2D eigenvalue weighted by Crippen LogP contribution is -2.14. The third kappa shape index (κ3) is 2.84. The van der Waals surface area contributed by atoms with E-state index in [0.29, 0.717) is 22.2 Å². The van der Waals surface area contributed by atoms with Crippen molar-refractivity contribution in [3.63, 3.8) is 0 Å². The molecule has 0 amide bonds. The van der Waals surface area contributed by atoms with Crippen LogP contribution < -0.4 is 0 Å². The van der Waals surface area contributed by atoms with Crippen molar-refractivity contribution >= 4 is 28.7 Å². The monoisotopic (exact) mass is 255 g/mol. The number of ketones is 1. The minimum Gasteiger partial charge on any atom is -0.292 e. The maximum atomic E-state index is 12.0. The van der Waals surface area contributed by atoms with Crippen LogP contribution in [0.4, 0.5) is 0 Å². The van der Waals surface area contributed by atoms with E-state index in [9.17, 15) is 4.79 Å². The van der Waals surface area contributed by atoms with Gasteiger partial charge in [0.05, 0.1) is 16.0 Å². The highest BCUT2D eigenvalue weighted by Crippen LogP contribution is 2.30. The molecule has 2 nitrogen and oxygen atoms in total. The van der Waals surface area contributed by atoms with Crippen LogP contribution in [0.1, 0.15) is 35.5 Å². The molecule has 0 aromatic carbocycles. The molecule has 86 valence electrons.